The lowest BCUT2D eigenvalue weighted by molar-refractivity contribution is 0.0924. The Hall–Kier alpha value is -1.99. The molecule has 1 aromatic carbocycles. The van der Waals surface area contributed by atoms with Crippen LogP contribution in [0.4, 0.5) is 8.78 Å². The van der Waals surface area contributed by atoms with Crippen LogP contribution in [-0.2, 0) is 12.8 Å². The van der Waals surface area contributed by atoms with Crippen LogP contribution in [0.1, 0.15) is 41.0 Å². The molecule has 1 saturated heterocycles. The fourth-order valence-corrected chi connectivity index (χ4v) is 3.68. The molecule has 2 aliphatic rings. The van der Waals surface area contributed by atoms with Gasteiger partial charge in [-0.1, -0.05) is 0 Å². The Morgan fingerprint density at radius 3 is 2.81 bits per heavy atom. The summed E-state index contributed by atoms with van der Waals surface area (Å²) in [5.41, 5.74) is 2.68. The molecular formula is C18H21ClF2N4O. The summed E-state index contributed by atoms with van der Waals surface area (Å²) in [7, 11) is 0. The van der Waals surface area contributed by atoms with Gasteiger partial charge in [-0.15, -0.1) is 12.4 Å². The first-order valence-electron chi connectivity index (χ1n) is 8.71. The Morgan fingerprint density at radius 2 is 2.08 bits per heavy atom. The van der Waals surface area contributed by atoms with Crippen LogP contribution in [0.5, 0.6) is 0 Å². The van der Waals surface area contributed by atoms with Crippen LogP contribution < -0.4 is 10.6 Å². The minimum Gasteiger partial charge on any atom is -0.347 e. The summed E-state index contributed by atoms with van der Waals surface area (Å²) in [6, 6.07) is 3.79. The van der Waals surface area contributed by atoms with Crippen molar-refractivity contribution >= 4 is 18.3 Å². The van der Waals surface area contributed by atoms with Gasteiger partial charge in [0.05, 0.1) is 5.69 Å². The van der Waals surface area contributed by atoms with Crippen LogP contribution in [0.3, 0.4) is 0 Å². The maximum Gasteiger partial charge on any atom is 0.272 e. The van der Waals surface area contributed by atoms with Crippen LogP contribution >= 0.6 is 12.4 Å². The predicted octanol–water partition coefficient (Wildman–Crippen LogP) is 2.54. The second-order valence-corrected chi connectivity index (χ2v) is 6.65. The molecule has 1 fully saturated rings. The summed E-state index contributed by atoms with van der Waals surface area (Å²) in [5, 5.41) is 10.7. The Labute approximate surface area is 156 Å². The van der Waals surface area contributed by atoms with Gasteiger partial charge in [0, 0.05) is 29.9 Å². The van der Waals surface area contributed by atoms with E-state index in [4.69, 9.17) is 0 Å². The molecule has 0 saturated carbocycles. The zero-order valence-electron chi connectivity index (χ0n) is 14.2. The first-order chi connectivity index (χ1) is 12.1. The van der Waals surface area contributed by atoms with Crippen molar-refractivity contribution in [3.63, 3.8) is 0 Å². The topological polar surface area (TPSA) is 59.0 Å². The SMILES string of the molecule is Cl.O=C(N[C@H]1CCCNC1)c1nn(-c2ccc(F)c(F)c2)c2c1CCC2. The van der Waals surface area contributed by atoms with Crippen molar-refractivity contribution in [1.82, 2.24) is 20.4 Å². The third-order valence-electron chi connectivity index (χ3n) is 4.93. The smallest absolute Gasteiger partial charge is 0.272 e. The number of carbonyl (C=O) groups excluding carboxylic acids is 1. The highest BCUT2D eigenvalue weighted by atomic mass is 35.5. The van der Waals surface area contributed by atoms with E-state index >= 15 is 0 Å². The van der Waals surface area contributed by atoms with Crippen LogP contribution in [0.25, 0.3) is 5.69 Å². The minimum atomic E-state index is -0.918. The largest absolute Gasteiger partial charge is 0.347 e. The standard InChI is InChI=1S/C18H20F2N4O.ClH/c19-14-7-6-12(9-15(14)20)24-16-5-1-4-13(16)17(23-24)18(25)22-11-3-2-8-21-10-11;/h6-7,9,11,21H,1-5,8,10H2,(H,22,25);1H/t11-;/m0./s1. The van der Waals surface area contributed by atoms with E-state index < -0.39 is 11.6 Å². The van der Waals surface area contributed by atoms with E-state index in [1.165, 1.54) is 6.07 Å². The molecule has 2 heterocycles. The van der Waals surface area contributed by atoms with Crippen molar-refractivity contribution in [2.75, 3.05) is 13.1 Å². The van der Waals surface area contributed by atoms with Crippen molar-refractivity contribution < 1.29 is 13.6 Å². The summed E-state index contributed by atoms with van der Waals surface area (Å²) in [4.78, 5) is 12.7. The zero-order valence-corrected chi connectivity index (χ0v) is 15.0. The summed E-state index contributed by atoms with van der Waals surface area (Å²) in [6.07, 6.45) is 4.48. The second-order valence-electron chi connectivity index (χ2n) is 6.65. The number of amides is 1. The molecule has 5 nitrogen and oxygen atoms in total. The first kappa shape index (κ1) is 18.8. The number of aromatic nitrogens is 2. The molecule has 0 radical (unpaired) electrons. The lowest BCUT2D eigenvalue weighted by Gasteiger charge is -2.23. The number of carbonyl (C=O) groups is 1. The van der Waals surface area contributed by atoms with Crippen molar-refractivity contribution in [2.24, 2.45) is 0 Å². The Bertz CT molecular complexity index is 818. The maximum absolute atomic E-state index is 13.6. The molecule has 2 N–H and O–H groups in total. The molecule has 0 bridgehead atoms. The van der Waals surface area contributed by atoms with E-state index in [0.717, 1.165) is 68.6 Å². The van der Waals surface area contributed by atoms with Crippen LogP contribution in [0.2, 0.25) is 0 Å². The molecular weight excluding hydrogens is 362 g/mol. The van der Waals surface area contributed by atoms with Gasteiger partial charge in [-0.3, -0.25) is 4.79 Å². The van der Waals surface area contributed by atoms with E-state index in [1.54, 1.807) is 4.68 Å². The molecule has 1 atom stereocenters. The highest BCUT2D eigenvalue weighted by molar-refractivity contribution is 5.94. The highest BCUT2D eigenvalue weighted by Gasteiger charge is 2.28. The lowest BCUT2D eigenvalue weighted by Crippen LogP contribution is -2.45. The average Bonchev–Trinajstić information content (AvgIpc) is 3.20. The molecule has 1 amide bonds. The molecule has 4 rings (SSSR count). The number of halogens is 3. The zero-order chi connectivity index (χ0) is 17.4. The number of fused-ring (bicyclic) bond motifs is 1. The summed E-state index contributed by atoms with van der Waals surface area (Å²) in [6.45, 7) is 1.74. The van der Waals surface area contributed by atoms with Crippen molar-refractivity contribution in [3.05, 3.63) is 46.8 Å². The molecule has 8 heteroatoms. The highest BCUT2D eigenvalue weighted by Crippen LogP contribution is 2.28. The fraction of sp³-hybridized carbons (Fsp3) is 0.444. The number of nitrogens with one attached hydrogen (secondary N) is 2. The molecule has 1 aliphatic carbocycles. The molecule has 0 spiro atoms. The Balaban J connectivity index is 0.00000196. The van der Waals surface area contributed by atoms with Gasteiger partial charge in [-0.05, 0) is 50.8 Å². The lowest BCUT2D eigenvalue weighted by atomic mass is 10.1. The molecule has 140 valence electrons. The normalized spacial score (nSPS) is 18.9. The van der Waals surface area contributed by atoms with E-state index in [1.807, 2.05) is 0 Å². The number of hydrogen-bond acceptors (Lipinski definition) is 3. The van der Waals surface area contributed by atoms with Crippen molar-refractivity contribution in [2.45, 2.75) is 38.1 Å². The summed E-state index contributed by atoms with van der Waals surface area (Å²) < 4.78 is 28.4. The van der Waals surface area contributed by atoms with Crippen LogP contribution in [0.15, 0.2) is 18.2 Å². The monoisotopic (exact) mass is 382 g/mol. The molecule has 26 heavy (non-hydrogen) atoms. The average molecular weight is 383 g/mol. The number of piperidine rings is 1. The van der Waals surface area contributed by atoms with Crippen molar-refractivity contribution in [1.29, 1.82) is 0 Å². The quantitative estimate of drug-likeness (QED) is 0.857. The van der Waals surface area contributed by atoms with Gasteiger partial charge in [0.2, 0.25) is 0 Å². The summed E-state index contributed by atoms with van der Waals surface area (Å²) in [5.74, 6) is -2.00. The maximum atomic E-state index is 13.6. The van der Waals surface area contributed by atoms with Crippen LogP contribution in [-0.4, -0.2) is 34.8 Å². The Kier molecular flexibility index (Phi) is 5.58. The van der Waals surface area contributed by atoms with Gasteiger partial charge in [-0.25, -0.2) is 13.5 Å². The minimum absolute atomic E-state index is 0. The fourth-order valence-electron chi connectivity index (χ4n) is 3.68. The molecule has 0 unspecified atom stereocenters. The first-order valence-corrected chi connectivity index (χ1v) is 8.71. The van der Waals surface area contributed by atoms with Gasteiger partial charge in [-0.2, -0.15) is 5.10 Å². The van der Waals surface area contributed by atoms with Crippen LogP contribution in [0, 0.1) is 11.6 Å². The Morgan fingerprint density at radius 1 is 1.23 bits per heavy atom. The van der Waals surface area contributed by atoms with Gasteiger partial charge in [0.15, 0.2) is 17.3 Å². The molecule has 1 aromatic heterocycles. The number of benzene rings is 1. The number of rotatable bonds is 3. The third-order valence-corrected chi connectivity index (χ3v) is 4.93. The second kappa shape index (κ2) is 7.72. The van der Waals surface area contributed by atoms with Gasteiger partial charge < -0.3 is 10.6 Å². The predicted molar refractivity (Wildman–Crippen MR) is 96.1 cm³/mol. The van der Waals surface area contributed by atoms with E-state index in [2.05, 4.69) is 15.7 Å². The third kappa shape index (κ3) is 3.46. The van der Waals surface area contributed by atoms with E-state index in [9.17, 15) is 13.6 Å². The van der Waals surface area contributed by atoms with E-state index in [-0.39, 0.29) is 24.4 Å². The summed E-state index contributed by atoms with van der Waals surface area (Å²) >= 11 is 0. The molecule has 1 aliphatic heterocycles. The van der Waals surface area contributed by atoms with Gasteiger partial charge in [0.25, 0.3) is 5.91 Å². The van der Waals surface area contributed by atoms with Gasteiger partial charge in [0.1, 0.15) is 0 Å². The number of nitrogens with zero attached hydrogens (tertiary/aromatic N) is 2. The van der Waals surface area contributed by atoms with Gasteiger partial charge >= 0.3 is 0 Å². The van der Waals surface area contributed by atoms with Crippen molar-refractivity contribution in [3.8, 4) is 5.69 Å². The number of hydrogen-bond donors (Lipinski definition) is 2. The molecule has 2 aromatic rings. The van der Waals surface area contributed by atoms with E-state index in [0.29, 0.717) is 11.4 Å².